The molecule has 0 amide bonds. The van der Waals surface area contributed by atoms with Crippen LogP contribution in [0.1, 0.15) is 11.1 Å². The molecule has 3 heteroatoms. The standard InChI is InChI=1S/C9H8N2O/c1-7-4-2-3-5-8(7)9(6-10)11-12/h2-5,12H,1H3. The van der Waals surface area contributed by atoms with Crippen molar-refractivity contribution >= 4 is 5.71 Å². The van der Waals surface area contributed by atoms with Gasteiger partial charge < -0.3 is 5.21 Å². The highest BCUT2D eigenvalue weighted by Crippen LogP contribution is 2.07. The van der Waals surface area contributed by atoms with E-state index in [1.165, 1.54) is 0 Å². The second-order valence-electron chi connectivity index (χ2n) is 2.38. The summed E-state index contributed by atoms with van der Waals surface area (Å²) in [6, 6.07) is 9.07. The first-order valence-electron chi connectivity index (χ1n) is 3.47. The van der Waals surface area contributed by atoms with E-state index >= 15 is 0 Å². The quantitative estimate of drug-likeness (QED) is 0.386. The maximum Gasteiger partial charge on any atom is 0.186 e. The predicted molar refractivity (Wildman–Crippen MR) is 45.1 cm³/mol. The maximum atomic E-state index is 8.56. The Balaban J connectivity index is 3.21. The molecule has 0 aliphatic carbocycles. The molecule has 0 saturated heterocycles. The van der Waals surface area contributed by atoms with Crippen molar-refractivity contribution in [3.63, 3.8) is 0 Å². The van der Waals surface area contributed by atoms with E-state index in [-0.39, 0.29) is 5.71 Å². The average molecular weight is 160 g/mol. The van der Waals surface area contributed by atoms with Gasteiger partial charge in [0.1, 0.15) is 6.07 Å². The van der Waals surface area contributed by atoms with Gasteiger partial charge in [-0.1, -0.05) is 29.4 Å². The maximum absolute atomic E-state index is 8.56. The largest absolute Gasteiger partial charge is 0.410 e. The van der Waals surface area contributed by atoms with Gasteiger partial charge in [0.25, 0.3) is 0 Å². The van der Waals surface area contributed by atoms with E-state index in [2.05, 4.69) is 5.16 Å². The lowest BCUT2D eigenvalue weighted by Crippen LogP contribution is -1.99. The van der Waals surface area contributed by atoms with Gasteiger partial charge in [-0.05, 0) is 12.5 Å². The van der Waals surface area contributed by atoms with Crippen LogP contribution < -0.4 is 0 Å². The Labute approximate surface area is 70.6 Å². The molecule has 0 aromatic heterocycles. The summed E-state index contributed by atoms with van der Waals surface area (Å²) in [7, 11) is 0. The van der Waals surface area contributed by atoms with E-state index in [4.69, 9.17) is 10.5 Å². The van der Waals surface area contributed by atoms with E-state index in [1.54, 1.807) is 12.1 Å². The Morgan fingerprint density at radius 3 is 2.67 bits per heavy atom. The van der Waals surface area contributed by atoms with Crippen LogP contribution in [0, 0.1) is 18.3 Å². The molecular weight excluding hydrogens is 152 g/mol. The summed E-state index contributed by atoms with van der Waals surface area (Å²) in [6.45, 7) is 1.86. The molecule has 60 valence electrons. The zero-order valence-corrected chi connectivity index (χ0v) is 6.65. The topological polar surface area (TPSA) is 56.4 Å². The minimum atomic E-state index is 0.0492. The lowest BCUT2D eigenvalue weighted by atomic mass is 10.1. The zero-order chi connectivity index (χ0) is 8.97. The van der Waals surface area contributed by atoms with E-state index in [1.807, 2.05) is 25.1 Å². The summed E-state index contributed by atoms with van der Waals surface area (Å²) in [6.07, 6.45) is 0. The van der Waals surface area contributed by atoms with Gasteiger partial charge >= 0.3 is 0 Å². The van der Waals surface area contributed by atoms with Crippen LogP contribution in [-0.4, -0.2) is 10.9 Å². The number of hydrogen-bond acceptors (Lipinski definition) is 3. The molecule has 0 unspecified atom stereocenters. The van der Waals surface area contributed by atoms with Crippen molar-refractivity contribution < 1.29 is 5.21 Å². The summed E-state index contributed by atoms with van der Waals surface area (Å²) in [5.74, 6) is 0. The summed E-state index contributed by atoms with van der Waals surface area (Å²) in [5.41, 5.74) is 1.64. The predicted octanol–water partition coefficient (Wildman–Crippen LogP) is 1.70. The molecule has 0 heterocycles. The molecule has 0 atom stereocenters. The van der Waals surface area contributed by atoms with Crippen LogP contribution >= 0.6 is 0 Å². The van der Waals surface area contributed by atoms with Crippen molar-refractivity contribution in [1.29, 1.82) is 5.26 Å². The van der Waals surface area contributed by atoms with Gasteiger partial charge in [0.05, 0.1) is 0 Å². The minimum absolute atomic E-state index is 0.0492. The first kappa shape index (κ1) is 8.28. The van der Waals surface area contributed by atoms with E-state index < -0.39 is 0 Å². The van der Waals surface area contributed by atoms with Gasteiger partial charge in [0, 0.05) is 5.56 Å². The molecule has 1 rings (SSSR count). The summed E-state index contributed by atoms with van der Waals surface area (Å²) >= 11 is 0. The number of nitrogens with zero attached hydrogens (tertiary/aromatic N) is 2. The summed E-state index contributed by atoms with van der Waals surface area (Å²) < 4.78 is 0. The van der Waals surface area contributed by atoms with Crippen molar-refractivity contribution in [3.05, 3.63) is 35.4 Å². The Morgan fingerprint density at radius 1 is 1.50 bits per heavy atom. The van der Waals surface area contributed by atoms with Crippen LogP contribution in [0.3, 0.4) is 0 Å². The normalized spacial score (nSPS) is 10.8. The molecule has 0 aliphatic rings. The third-order valence-electron chi connectivity index (χ3n) is 1.61. The second-order valence-corrected chi connectivity index (χ2v) is 2.38. The van der Waals surface area contributed by atoms with Gasteiger partial charge in [-0.3, -0.25) is 0 Å². The molecule has 0 radical (unpaired) electrons. The van der Waals surface area contributed by atoms with Crippen LogP contribution in [0.25, 0.3) is 0 Å². The van der Waals surface area contributed by atoms with Crippen molar-refractivity contribution in [2.24, 2.45) is 5.16 Å². The van der Waals surface area contributed by atoms with Gasteiger partial charge in [0.15, 0.2) is 5.71 Å². The molecule has 0 spiro atoms. The molecule has 0 saturated carbocycles. The van der Waals surface area contributed by atoms with E-state index in [9.17, 15) is 0 Å². The summed E-state index contributed by atoms with van der Waals surface area (Å²) in [5, 5.41) is 19.9. The number of nitriles is 1. The Bertz CT molecular complexity index is 350. The SMILES string of the molecule is Cc1ccccc1C(C#N)=NO. The Hall–Kier alpha value is -1.82. The summed E-state index contributed by atoms with van der Waals surface area (Å²) in [4.78, 5) is 0. The van der Waals surface area contributed by atoms with E-state index in [0.29, 0.717) is 5.56 Å². The molecule has 0 aliphatic heterocycles. The van der Waals surface area contributed by atoms with Crippen molar-refractivity contribution in [2.45, 2.75) is 6.92 Å². The van der Waals surface area contributed by atoms with Crippen LogP contribution in [-0.2, 0) is 0 Å². The molecule has 1 aromatic rings. The lowest BCUT2D eigenvalue weighted by molar-refractivity contribution is 0.320. The first-order chi connectivity index (χ1) is 5.79. The molecule has 3 nitrogen and oxygen atoms in total. The fourth-order valence-corrected chi connectivity index (χ4v) is 0.975. The van der Waals surface area contributed by atoms with Crippen LogP contribution in [0.5, 0.6) is 0 Å². The number of rotatable bonds is 1. The number of hydrogen-bond donors (Lipinski definition) is 1. The minimum Gasteiger partial charge on any atom is -0.410 e. The molecule has 0 fully saturated rings. The highest BCUT2D eigenvalue weighted by atomic mass is 16.4. The Kier molecular flexibility index (Phi) is 2.44. The molecule has 1 N–H and O–H groups in total. The zero-order valence-electron chi connectivity index (χ0n) is 6.65. The van der Waals surface area contributed by atoms with Crippen LogP contribution in [0.4, 0.5) is 0 Å². The van der Waals surface area contributed by atoms with Gasteiger partial charge in [-0.15, -0.1) is 0 Å². The molecular formula is C9H8N2O. The number of benzene rings is 1. The van der Waals surface area contributed by atoms with Gasteiger partial charge in [-0.25, -0.2) is 0 Å². The average Bonchev–Trinajstić information content (AvgIpc) is 2.10. The number of oxime groups is 1. The van der Waals surface area contributed by atoms with Crippen LogP contribution in [0.15, 0.2) is 29.4 Å². The van der Waals surface area contributed by atoms with E-state index in [0.717, 1.165) is 5.56 Å². The second kappa shape index (κ2) is 3.54. The van der Waals surface area contributed by atoms with Crippen molar-refractivity contribution in [3.8, 4) is 6.07 Å². The van der Waals surface area contributed by atoms with Gasteiger partial charge in [0.2, 0.25) is 0 Å². The monoisotopic (exact) mass is 160 g/mol. The third-order valence-corrected chi connectivity index (χ3v) is 1.61. The highest BCUT2D eigenvalue weighted by Gasteiger charge is 2.04. The number of aryl methyl sites for hydroxylation is 1. The van der Waals surface area contributed by atoms with Gasteiger partial charge in [-0.2, -0.15) is 5.26 Å². The Morgan fingerprint density at radius 2 is 2.17 bits per heavy atom. The van der Waals surface area contributed by atoms with Crippen LogP contribution in [0.2, 0.25) is 0 Å². The van der Waals surface area contributed by atoms with Crippen molar-refractivity contribution in [1.82, 2.24) is 0 Å². The smallest absolute Gasteiger partial charge is 0.186 e. The molecule has 12 heavy (non-hydrogen) atoms. The fourth-order valence-electron chi connectivity index (χ4n) is 0.975. The fraction of sp³-hybridized carbons (Fsp3) is 0.111. The van der Waals surface area contributed by atoms with Crippen molar-refractivity contribution in [2.75, 3.05) is 0 Å². The third kappa shape index (κ3) is 1.43. The molecule has 1 aromatic carbocycles. The molecule has 0 bridgehead atoms. The first-order valence-corrected chi connectivity index (χ1v) is 3.47. The lowest BCUT2D eigenvalue weighted by Gasteiger charge is -1.99. The highest BCUT2D eigenvalue weighted by molar-refractivity contribution is 6.12.